The molecule has 3 rings (SSSR count). The van der Waals surface area contributed by atoms with Gasteiger partial charge in [0.25, 0.3) is 0 Å². The number of aliphatic hydroxyl groups excluding tert-OH is 1. The van der Waals surface area contributed by atoms with Crippen molar-refractivity contribution in [1.29, 1.82) is 0 Å². The number of fused-ring (bicyclic) bond motifs is 2. The molecule has 3 aliphatic rings. The van der Waals surface area contributed by atoms with Gasteiger partial charge in [-0.05, 0) is 31.6 Å². The van der Waals surface area contributed by atoms with E-state index in [-0.39, 0.29) is 12.5 Å². The Morgan fingerprint density at radius 3 is 2.71 bits per heavy atom. The molecular formula is C15H21NO5. The zero-order valence-electron chi connectivity index (χ0n) is 11.9. The lowest BCUT2D eigenvalue weighted by atomic mass is 9.71. The molecule has 6 heteroatoms. The van der Waals surface area contributed by atoms with Gasteiger partial charge in [-0.2, -0.15) is 0 Å². The smallest absolute Gasteiger partial charge is 0.310 e. The lowest BCUT2D eigenvalue weighted by molar-refractivity contribution is -0.153. The third-order valence-corrected chi connectivity index (χ3v) is 5.12. The number of amides is 1. The van der Waals surface area contributed by atoms with E-state index in [2.05, 4.69) is 11.9 Å². The Balaban J connectivity index is 1.67. The molecule has 3 fully saturated rings. The molecule has 0 aromatic rings. The fraction of sp³-hybridized carbons (Fsp3) is 0.733. The monoisotopic (exact) mass is 295 g/mol. The number of carboxylic acids is 1. The van der Waals surface area contributed by atoms with Gasteiger partial charge in [-0.1, -0.05) is 12.2 Å². The fourth-order valence-electron chi connectivity index (χ4n) is 4.01. The first kappa shape index (κ1) is 14.5. The molecule has 0 radical (unpaired) electrons. The highest BCUT2D eigenvalue weighted by atomic mass is 16.5. The van der Waals surface area contributed by atoms with E-state index in [4.69, 9.17) is 4.74 Å². The normalized spacial score (nSPS) is 38.3. The van der Waals surface area contributed by atoms with Crippen LogP contribution in [-0.2, 0) is 14.3 Å². The van der Waals surface area contributed by atoms with E-state index in [1.54, 1.807) is 0 Å². The molecule has 116 valence electrons. The summed E-state index contributed by atoms with van der Waals surface area (Å²) in [4.78, 5) is 23.9. The van der Waals surface area contributed by atoms with Crippen molar-refractivity contribution in [1.82, 2.24) is 5.32 Å². The molecule has 2 aliphatic heterocycles. The molecule has 2 heterocycles. The minimum Gasteiger partial charge on any atom is -0.481 e. The second kappa shape index (κ2) is 5.10. The SMILES string of the molecule is C=C1CC(CNC(=O)[C@H]2[C@@H]3CC[C@@](CO)(O3)[C@H]2C(=O)O)C1. The van der Waals surface area contributed by atoms with Crippen LogP contribution in [0.3, 0.4) is 0 Å². The molecule has 2 bridgehead atoms. The van der Waals surface area contributed by atoms with Crippen LogP contribution in [0.15, 0.2) is 12.2 Å². The Labute approximate surface area is 123 Å². The van der Waals surface area contributed by atoms with Crippen molar-refractivity contribution in [3.05, 3.63) is 12.2 Å². The van der Waals surface area contributed by atoms with Gasteiger partial charge in [0.05, 0.1) is 18.6 Å². The number of carboxylic acid groups (broad SMARTS) is 1. The van der Waals surface area contributed by atoms with Crippen molar-refractivity contribution in [3.63, 3.8) is 0 Å². The van der Waals surface area contributed by atoms with Crippen molar-refractivity contribution in [2.45, 2.75) is 37.4 Å². The summed E-state index contributed by atoms with van der Waals surface area (Å²) in [6, 6.07) is 0. The minimum absolute atomic E-state index is 0.264. The van der Waals surface area contributed by atoms with Gasteiger partial charge in [0, 0.05) is 6.54 Å². The first-order valence-electron chi connectivity index (χ1n) is 7.42. The van der Waals surface area contributed by atoms with Crippen LogP contribution < -0.4 is 5.32 Å². The number of hydrogen-bond acceptors (Lipinski definition) is 4. The van der Waals surface area contributed by atoms with Crippen molar-refractivity contribution in [2.75, 3.05) is 13.2 Å². The molecule has 2 saturated heterocycles. The van der Waals surface area contributed by atoms with Crippen LogP contribution >= 0.6 is 0 Å². The molecule has 0 unspecified atom stereocenters. The lowest BCUT2D eigenvalue weighted by Crippen LogP contribution is -2.50. The largest absolute Gasteiger partial charge is 0.481 e. The summed E-state index contributed by atoms with van der Waals surface area (Å²) >= 11 is 0. The van der Waals surface area contributed by atoms with E-state index < -0.39 is 29.5 Å². The molecule has 0 aromatic heterocycles. The number of ether oxygens (including phenoxy) is 1. The summed E-state index contributed by atoms with van der Waals surface area (Å²) in [5, 5.41) is 21.8. The number of aliphatic carboxylic acids is 1. The molecule has 0 aromatic carbocycles. The third-order valence-electron chi connectivity index (χ3n) is 5.12. The van der Waals surface area contributed by atoms with Crippen LogP contribution in [0.1, 0.15) is 25.7 Å². The van der Waals surface area contributed by atoms with Gasteiger partial charge in [-0.3, -0.25) is 9.59 Å². The zero-order chi connectivity index (χ0) is 15.2. The zero-order valence-corrected chi connectivity index (χ0v) is 11.9. The molecule has 6 nitrogen and oxygen atoms in total. The average Bonchev–Trinajstić information content (AvgIpc) is 2.98. The minimum atomic E-state index is -1.08. The van der Waals surface area contributed by atoms with Crippen molar-refractivity contribution < 1.29 is 24.5 Å². The first-order chi connectivity index (χ1) is 9.97. The van der Waals surface area contributed by atoms with E-state index in [0.717, 1.165) is 12.8 Å². The summed E-state index contributed by atoms with van der Waals surface area (Å²) in [5.74, 6) is -2.58. The number of allylic oxidation sites excluding steroid dienone is 1. The number of hydrogen-bond donors (Lipinski definition) is 3. The molecule has 1 saturated carbocycles. The summed E-state index contributed by atoms with van der Waals surface area (Å²) in [6.45, 7) is 4.06. The highest BCUT2D eigenvalue weighted by Gasteiger charge is 2.64. The standard InChI is InChI=1S/C15H21NO5/c1-8-4-9(5-8)6-16-13(18)11-10-2-3-15(7-17,21-10)12(11)14(19)20/h9-12,17H,1-7H2,(H,16,18)(H,19,20)/t10-,11-,12+,15-/m0/s1. The number of nitrogens with one attached hydrogen (secondary N) is 1. The van der Waals surface area contributed by atoms with Crippen LogP contribution in [0.5, 0.6) is 0 Å². The van der Waals surface area contributed by atoms with Crippen LogP contribution in [0.25, 0.3) is 0 Å². The molecule has 1 aliphatic carbocycles. The molecule has 21 heavy (non-hydrogen) atoms. The quantitative estimate of drug-likeness (QED) is 0.634. The topological polar surface area (TPSA) is 95.9 Å². The molecule has 4 atom stereocenters. The number of carbonyl (C=O) groups is 2. The van der Waals surface area contributed by atoms with Crippen LogP contribution in [0.4, 0.5) is 0 Å². The maximum Gasteiger partial charge on any atom is 0.310 e. The molecular weight excluding hydrogens is 274 g/mol. The highest BCUT2D eigenvalue weighted by molar-refractivity contribution is 5.87. The van der Waals surface area contributed by atoms with Crippen LogP contribution in [-0.4, -0.2) is 46.9 Å². The van der Waals surface area contributed by atoms with E-state index in [0.29, 0.717) is 25.3 Å². The Kier molecular flexibility index (Phi) is 3.53. The first-order valence-corrected chi connectivity index (χ1v) is 7.42. The Morgan fingerprint density at radius 1 is 1.43 bits per heavy atom. The van der Waals surface area contributed by atoms with Gasteiger partial charge in [-0.15, -0.1) is 0 Å². The summed E-state index contributed by atoms with van der Waals surface area (Å²) in [7, 11) is 0. The Hall–Kier alpha value is -1.40. The van der Waals surface area contributed by atoms with Gasteiger partial charge in [0.1, 0.15) is 11.5 Å². The highest BCUT2D eigenvalue weighted by Crippen LogP contribution is 2.51. The summed E-state index contributed by atoms with van der Waals surface area (Å²) in [6.07, 6.45) is 2.58. The van der Waals surface area contributed by atoms with E-state index in [1.165, 1.54) is 5.57 Å². The Bertz CT molecular complexity index is 482. The predicted octanol–water partition coefficient (Wildman–Crippen LogP) is 0.310. The van der Waals surface area contributed by atoms with Crippen molar-refractivity contribution in [2.24, 2.45) is 17.8 Å². The average molecular weight is 295 g/mol. The third kappa shape index (κ3) is 2.26. The second-order valence-electron chi connectivity index (χ2n) is 6.53. The van der Waals surface area contributed by atoms with E-state index >= 15 is 0 Å². The van der Waals surface area contributed by atoms with Gasteiger partial charge in [-0.25, -0.2) is 0 Å². The second-order valence-corrected chi connectivity index (χ2v) is 6.53. The van der Waals surface area contributed by atoms with E-state index in [9.17, 15) is 19.8 Å². The molecule has 1 amide bonds. The summed E-state index contributed by atoms with van der Waals surface area (Å²) in [5.41, 5.74) is 0.114. The van der Waals surface area contributed by atoms with Crippen molar-refractivity contribution >= 4 is 11.9 Å². The summed E-state index contributed by atoms with van der Waals surface area (Å²) < 4.78 is 5.68. The van der Waals surface area contributed by atoms with Gasteiger partial charge >= 0.3 is 5.97 Å². The molecule has 0 spiro atoms. The number of aliphatic hydroxyl groups is 1. The van der Waals surface area contributed by atoms with Gasteiger partial charge in [0.15, 0.2) is 0 Å². The van der Waals surface area contributed by atoms with Crippen LogP contribution in [0.2, 0.25) is 0 Å². The molecule has 3 N–H and O–H groups in total. The van der Waals surface area contributed by atoms with Gasteiger partial charge < -0.3 is 20.3 Å². The van der Waals surface area contributed by atoms with Gasteiger partial charge in [0.2, 0.25) is 5.91 Å². The Morgan fingerprint density at radius 2 is 2.14 bits per heavy atom. The fourth-order valence-corrected chi connectivity index (χ4v) is 4.01. The maximum atomic E-state index is 12.4. The number of carbonyl (C=O) groups excluding carboxylic acids is 1. The number of rotatable bonds is 5. The van der Waals surface area contributed by atoms with Crippen molar-refractivity contribution in [3.8, 4) is 0 Å². The van der Waals surface area contributed by atoms with E-state index in [1.807, 2.05) is 0 Å². The maximum absolute atomic E-state index is 12.4. The van der Waals surface area contributed by atoms with Crippen LogP contribution in [0, 0.1) is 17.8 Å². The lowest BCUT2D eigenvalue weighted by Gasteiger charge is -2.32. The predicted molar refractivity (Wildman–Crippen MR) is 73.4 cm³/mol.